The molecule has 1 N–H and O–H groups in total. The highest BCUT2D eigenvalue weighted by atomic mass is 35.5. The molecule has 0 unspecified atom stereocenters. The molecule has 0 spiro atoms. The van der Waals surface area contributed by atoms with Crippen molar-refractivity contribution in [2.45, 2.75) is 25.7 Å². The number of nitrogens with one attached hydrogen (secondary N) is 1. The van der Waals surface area contributed by atoms with Crippen molar-refractivity contribution in [2.24, 2.45) is 0 Å². The van der Waals surface area contributed by atoms with Crippen LogP contribution in [0.3, 0.4) is 0 Å². The van der Waals surface area contributed by atoms with E-state index in [2.05, 4.69) is 17.1 Å². The Morgan fingerprint density at radius 2 is 2.16 bits per heavy atom. The molecule has 19 heavy (non-hydrogen) atoms. The fourth-order valence-electron chi connectivity index (χ4n) is 2.32. The Morgan fingerprint density at radius 3 is 2.79 bits per heavy atom. The molecule has 106 valence electrons. The molecule has 1 aliphatic heterocycles. The minimum atomic E-state index is -4.40. The predicted molar refractivity (Wildman–Crippen MR) is 69.2 cm³/mol. The van der Waals surface area contributed by atoms with Gasteiger partial charge in [0.05, 0.1) is 10.6 Å². The molecule has 0 amide bonds. The number of rotatable bonds is 2. The van der Waals surface area contributed by atoms with Crippen molar-refractivity contribution in [2.75, 3.05) is 19.6 Å². The molecule has 1 aliphatic rings. The van der Waals surface area contributed by atoms with E-state index in [1.807, 2.05) is 0 Å². The van der Waals surface area contributed by atoms with Crippen LogP contribution < -0.4 is 5.32 Å². The third-order valence-electron chi connectivity index (χ3n) is 3.23. The van der Waals surface area contributed by atoms with E-state index in [-0.39, 0.29) is 5.02 Å². The van der Waals surface area contributed by atoms with Crippen LogP contribution in [-0.2, 0) is 12.7 Å². The molecular weight excluding hydrogens is 277 g/mol. The van der Waals surface area contributed by atoms with Crippen LogP contribution in [0.15, 0.2) is 18.2 Å². The van der Waals surface area contributed by atoms with Crippen molar-refractivity contribution < 1.29 is 13.2 Å². The second kappa shape index (κ2) is 5.69. The highest BCUT2D eigenvalue weighted by molar-refractivity contribution is 6.32. The Labute approximate surface area is 115 Å². The van der Waals surface area contributed by atoms with Crippen LogP contribution in [0.1, 0.15) is 18.1 Å². The largest absolute Gasteiger partial charge is 0.417 e. The van der Waals surface area contributed by atoms with E-state index >= 15 is 0 Å². The number of nitrogens with zero attached hydrogens (tertiary/aromatic N) is 1. The van der Waals surface area contributed by atoms with Gasteiger partial charge in [-0.1, -0.05) is 23.7 Å². The van der Waals surface area contributed by atoms with Gasteiger partial charge in [-0.25, -0.2) is 0 Å². The zero-order valence-electron chi connectivity index (χ0n) is 10.6. The maximum atomic E-state index is 12.8. The summed E-state index contributed by atoms with van der Waals surface area (Å²) in [7, 11) is 0. The molecule has 2 nitrogen and oxygen atoms in total. The summed E-state index contributed by atoms with van der Waals surface area (Å²) in [5.41, 5.74) is -0.222. The first-order valence-electron chi connectivity index (χ1n) is 6.18. The molecular formula is C13H16ClF3N2. The molecule has 1 aromatic carbocycles. The smallest absolute Gasteiger partial charge is 0.312 e. The normalized spacial score (nSPS) is 21.6. The number of alkyl halides is 3. The number of hydrogen-bond acceptors (Lipinski definition) is 2. The third-order valence-corrected chi connectivity index (χ3v) is 3.68. The molecule has 1 heterocycles. The Morgan fingerprint density at radius 1 is 1.42 bits per heavy atom. The molecule has 1 saturated heterocycles. The van der Waals surface area contributed by atoms with Gasteiger partial charge in [-0.05, 0) is 18.6 Å². The van der Waals surface area contributed by atoms with Crippen molar-refractivity contribution in [3.05, 3.63) is 34.3 Å². The van der Waals surface area contributed by atoms with Crippen molar-refractivity contribution in [1.82, 2.24) is 10.2 Å². The highest BCUT2D eigenvalue weighted by Gasteiger charge is 2.34. The Bertz CT molecular complexity index is 448. The van der Waals surface area contributed by atoms with Gasteiger partial charge >= 0.3 is 6.18 Å². The molecule has 0 aliphatic carbocycles. The van der Waals surface area contributed by atoms with E-state index in [1.54, 1.807) is 6.07 Å². The number of benzene rings is 1. The van der Waals surface area contributed by atoms with Crippen molar-refractivity contribution in [3.63, 3.8) is 0 Å². The van der Waals surface area contributed by atoms with Crippen LogP contribution in [0.2, 0.25) is 5.02 Å². The molecule has 1 aromatic rings. The van der Waals surface area contributed by atoms with Crippen molar-refractivity contribution in [1.29, 1.82) is 0 Å². The van der Waals surface area contributed by atoms with Crippen molar-refractivity contribution >= 4 is 11.6 Å². The second-order valence-electron chi connectivity index (χ2n) is 4.87. The average Bonchev–Trinajstić information content (AvgIpc) is 2.30. The summed E-state index contributed by atoms with van der Waals surface area (Å²) in [6, 6.07) is 4.44. The molecule has 0 bridgehead atoms. The van der Waals surface area contributed by atoms with Crippen LogP contribution in [0, 0.1) is 0 Å². The van der Waals surface area contributed by atoms with Gasteiger partial charge in [0.2, 0.25) is 0 Å². The van der Waals surface area contributed by atoms with Crippen LogP contribution in [0.5, 0.6) is 0 Å². The van der Waals surface area contributed by atoms with Crippen LogP contribution in [-0.4, -0.2) is 30.6 Å². The average molecular weight is 293 g/mol. The lowest BCUT2D eigenvalue weighted by Crippen LogP contribution is -2.48. The van der Waals surface area contributed by atoms with Gasteiger partial charge in [0, 0.05) is 32.2 Å². The van der Waals surface area contributed by atoms with E-state index in [0.717, 1.165) is 25.7 Å². The zero-order chi connectivity index (χ0) is 14.0. The summed E-state index contributed by atoms with van der Waals surface area (Å²) >= 11 is 5.89. The van der Waals surface area contributed by atoms with Crippen LogP contribution in [0.4, 0.5) is 13.2 Å². The van der Waals surface area contributed by atoms with Gasteiger partial charge in [-0.3, -0.25) is 4.90 Å². The van der Waals surface area contributed by atoms with Crippen molar-refractivity contribution in [3.8, 4) is 0 Å². The fourth-order valence-corrected chi connectivity index (χ4v) is 2.61. The molecule has 0 aromatic heterocycles. The molecule has 6 heteroatoms. The summed E-state index contributed by atoms with van der Waals surface area (Å²) in [5.74, 6) is 0. The van der Waals surface area contributed by atoms with Gasteiger partial charge in [0.1, 0.15) is 0 Å². The van der Waals surface area contributed by atoms with E-state index in [9.17, 15) is 13.2 Å². The van der Waals surface area contributed by atoms with Gasteiger partial charge in [0.15, 0.2) is 0 Å². The van der Waals surface area contributed by atoms with E-state index in [4.69, 9.17) is 11.6 Å². The SMILES string of the molecule is C[C@H]1CN(Cc2cccc(C(F)(F)F)c2Cl)CCN1. The monoisotopic (exact) mass is 292 g/mol. The molecule has 0 radical (unpaired) electrons. The summed E-state index contributed by atoms with van der Waals surface area (Å²) < 4.78 is 38.3. The lowest BCUT2D eigenvalue weighted by molar-refractivity contribution is -0.137. The number of halogens is 4. The summed E-state index contributed by atoms with van der Waals surface area (Å²) in [4.78, 5) is 2.11. The molecule has 1 atom stereocenters. The summed E-state index contributed by atoms with van der Waals surface area (Å²) in [5, 5.41) is 3.11. The number of piperazine rings is 1. The minimum absolute atomic E-state index is 0.179. The summed E-state index contributed by atoms with van der Waals surface area (Å²) in [6.07, 6.45) is -4.40. The van der Waals surface area contributed by atoms with Gasteiger partial charge in [-0.2, -0.15) is 13.2 Å². The standard InChI is InChI=1S/C13H16ClF3N2/c1-9-7-19(6-5-18-9)8-10-3-2-4-11(12(10)14)13(15,16)17/h2-4,9,18H,5-8H2,1H3/t9-/m0/s1. The Balaban J connectivity index is 2.17. The first kappa shape index (κ1) is 14.6. The first-order chi connectivity index (χ1) is 8.88. The zero-order valence-corrected chi connectivity index (χ0v) is 11.4. The van der Waals surface area contributed by atoms with Gasteiger partial charge in [0.25, 0.3) is 0 Å². The van der Waals surface area contributed by atoms with Gasteiger partial charge < -0.3 is 5.32 Å². The van der Waals surface area contributed by atoms with Crippen LogP contribution >= 0.6 is 11.6 Å². The maximum Gasteiger partial charge on any atom is 0.417 e. The Hall–Kier alpha value is -0.780. The number of hydrogen-bond donors (Lipinski definition) is 1. The lowest BCUT2D eigenvalue weighted by atomic mass is 10.1. The molecule has 0 saturated carbocycles. The van der Waals surface area contributed by atoms with Gasteiger partial charge in [-0.15, -0.1) is 0 Å². The maximum absolute atomic E-state index is 12.8. The van der Waals surface area contributed by atoms with Crippen LogP contribution in [0.25, 0.3) is 0 Å². The highest BCUT2D eigenvalue weighted by Crippen LogP contribution is 2.36. The predicted octanol–water partition coefficient (Wildman–Crippen LogP) is 3.15. The van der Waals surface area contributed by atoms with E-state index in [0.29, 0.717) is 18.2 Å². The first-order valence-corrected chi connectivity index (χ1v) is 6.56. The van der Waals surface area contributed by atoms with E-state index in [1.165, 1.54) is 6.07 Å². The third kappa shape index (κ3) is 3.61. The lowest BCUT2D eigenvalue weighted by Gasteiger charge is -2.32. The molecule has 2 rings (SSSR count). The Kier molecular flexibility index (Phi) is 4.38. The quantitative estimate of drug-likeness (QED) is 0.901. The second-order valence-corrected chi connectivity index (χ2v) is 5.24. The summed E-state index contributed by atoms with van der Waals surface area (Å²) in [6.45, 7) is 4.98. The minimum Gasteiger partial charge on any atom is -0.312 e. The topological polar surface area (TPSA) is 15.3 Å². The molecule has 1 fully saturated rings. The fraction of sp³-hybridized carbons (Fsp3) is 0.538. The van der Waals surface area contributed by atoms with E-state index < -0.39 is 11.7 Å².